The van der Waals surface area contributed by atoms with E-state index in [1.165, 1.54) is 11.9 Å². The molecule has 0 aliphatic heterocycles. The third-order valence-corrected chi connectivity index (χ3v) is 3.87. The van der Waals surface area contributed by atoms with Gasteiger partial charge in [-0.05, 0) is 43.9 Å². The van der Waals surface area contributed by atoms with E-state index < -0.39 is 11.5 Å². The molecule has 0 spiro atoms. The number of hydrogen-bond donors (Lipinski definition) is 2. The average Bonchev–Trinajstić information content (AvgIpc) is 2.94. The van der Waals surface area contributed by atoms with Crippen LogP contribution in [0.15, 0.2) is 24.3 Å². The van der Waals surface area contributed by atoms with Crippen LogP contribution in [0.25, 0.3) is 0 Å². The molecule has 1 saturated carbocycles. The molecule has 0 heterocycles. The molecule has 22 heavy (non-hydrogen) atoms. The number of hydrogen-bond acceptors (Lipinski definition) is 3. The minimum atomic E-state index is -1.31. The van der Waals surface area contributed by atoms with Gasteiger partial charge in [0.1, 0.15) is 5.60 Å². The fourth-order valence-corrected chi connectivity index (χ4v) is 2.70. The summed E-state index contributed by atoms with van der Waals surface area (Å²) in [7, 11) is 1.52. The molecule has 2 amide bonds. The predicted molar refractivity (Wildman–Crippen MR) is 84.1 cm³/mol. The molecule has 2 N–H and O–H groups in total. The molecule has 0 aromatic heterocycles. The third-order valence-electron chi connectivity index (χ3n) is 3.87. The Hall–Kier alpha value is -2.32. The van der Waals surface area contributed by atoms with Gasteiger partial charge in [0.25, 0.3) is 5.91 Å². The van der Waals surface area contributed by atoms with Crippen LogP contribution in [0.4, 0.5) is 5.69 Å². The highest BCUT2D eigenvalue weighted by atomic mass is 16.3. The Morgan fingerprint density at radius 1 is 1.41 bits per heavy atom. The average molecular weight is 300 g/mol. The standard InChI is InChI=1S/C17H20N2O3/c1-3-13-7-6-8-14(11-13)18-15(20)12-19(2)16(21)17(22)9-4-5-10-17/h1,6-8,11,22H,4-5,9-10,12H2,2H3,(H,18,20). The van der Waals surface area contributed by atoms with Gasteiger partial charge in [0.2, 0.25) is 5.91 Å². The van der Waals surface area contributed by atoms with Crippen LogP contribution < -0.4 is 5.32 Å². The molecule has 0 atom stereocenters. The topological polar surface area (TPSA) is 69.6 Å². The Bertz CT molecular complexity index is 613. The number of nitrogens with one attached hydrogen (secondary N) is 1. The van der Waals surface area contributed by atoms with Gasteiger partial charge in [-0.2, -0.15) is 0 Å². The SMILES string of the molecule is C#Cc1cccc(NC(=O)CN(C)C(=O)C2(O)CCCC2)c1. The molecule has 2 rings (SSSR count). The van der Waals surface area contributed by atoms with Crippen LogP contribution in [0.1, 0.15) is 31.2 Å². The number of benzene rings is 1. The molecule has 1 aliphatic carbocycles. The summed E-state index contributed by atoms with van der Waals surface area (Å²) in [6.45, 7) is -0.110. The Labute approximate surface area is 130 Å². The summed E-state index contributed by atoms with van der Waals surface area (Å²) in [6.07, 6.45) is 7.90. The monoisotopic (exact) mass is 300 g/mol. The van der Waals surface area contributed by atoms with Crippen LogP contribution in [0.5, 0.6) is 0 Å². The highest BCUT2D eigenvalue weighted by Crippen LogP contribution is 2.30. The first-order chi connectivity index (χ1) is 10.4. The van der Waals surface area contributed by atoms with Gasteiger partial charge >= 0.3 is 0 Å². The van der Waals surface area contributed by atoms with E-state index >= 15 is 0 Å². The lowest BCUT2D eigenvalue weighted by Gasteiger charge is -2.27. The fourth-order valence-electron chi connectivity index (χ4n) is 2.70. The number of carbonyl (C=O) groups excluding carboxylic acids is 2. The van der Waals surface area contributed by atoms with Crippen LogP contribution in [-0.2, 0) is 9.59 Å². The zero-order valence-corrected chi connectivity index (χ0v) is 12.6. The molecule has 1 fully saturated rings. The van der Waals surface area contributed by atoms with E-state index in [9.17, 15) is 14.7 Å². The van der Waals surface area contributed by atoms with E-state index in [1.807, 2.05) is 0 Å². The Morgan fingerprint density at radius 2 is 2.09 bits per heavy atom. The second-order valence-corrected chi connectivity index (χ2v) is 5.67. The lowest BCUT2D eigenvalue weighted by molar-refractivity contribution is -0.150. The molecule has 1 aliphatic rings. The summed E-state index contributed by atoms with van der Waals surface area (Å²) in [5.74, 6) is 1.77. The van der Waals surface area contributed by atoms with Crippen LogP contribution in [0.2, 0.25) is 0 Å². The van der Waals surface area contributed by atoms with Crippen LogP contribution in [-0.4, -0.2) is 41.0 Å². The smallest absolute Gasteiger partial charge is 0.254 e. The molecule has 0 unspecified atom stereocenters. The van der Waals surface area contributed by atoms with E-state index in [2.05, 4.69) is 11.2 Å². The van der Waals surface area contributed by atoms with Crippen LogP contribution in [0.3, 0.4) is 0 Å². The number of aliphatic hydroxyl groups is 1. The largest absolute Gasteiger partial charge is 0.380 e. The quantitative estimate of drug-likeness (QED) is 0.825. The molecule has 116 valence electrons. The van der Waals surface area contributed by atoms with E-state index in [0.29, 0.717) is 24.1 Å². The minimum Gasteiger partial charge on any atom is -0.380 e. The first-order valence-electron chi connectivity index (χ1n) is 7.29. The molecule has 1 aromatic rings. The van der Waals surface area contributed by atoms with Crippen LogP contribution in [0, 0.1) is 12.3 Å². The molecule has 0 radical (unpaired) electrons. The molecular weight excluding hydrogens is 280 g/mol. The number of anilines is 1. The molecule has 5 nitrogen and oxygen atoms in total. The molecule has 0 saturated heterocycles. The first-order valence-corrected chi connectivity index (χ1v) is 7.29. The van der Waals surface area contributed by atoms with Crippen molar-refractivity contribution < 1.29 is 14.7 Å². The number of terminal acetylenes is 1. The summed E-state index contributed by atoms with van der Waals surface area (Å²) >= 11 is 0. The van der Waals surface area contributed by atoms with Gasteiger partial charge in [-0.3, -0.25) is 9.59 Å². The maximum atomic E-state index is 12.2. The van der Waals surface area contributed by atoms with Crippen LogP contribution >= 0.6 is 0 Å². The van der Waals surface area contributed by atoms with Crippen molar-refractivity contribution >= 4 is 17.5 Å². The van der Waals surface area contributed by atoms with Gasteiger partial charge in [0.05, 0.1) is 6.54 Å². The van der Waals surface area contributed by atoms with Crippen molar-refractivity contribution in [2.24, 2.45) is 0 Å². The summed E-state index contributed by atoms with van der Waals surface area (Å²) < 4.78 is 0. The summed E-state index contributed by atoms with van der Waals surface area (Å²) in [5, 5.41) is 13.0. The van der Waals surface area contributed by atoms with E-state index in [0.717, 1.165) is 12.8 Å². The highest BCUT2D eigenvalue weighted by molar-refractivity contribution is 5.96. The molecule has 5 heteroatoms. The van der Waals surface area contributed by atoms with E-state index in [-0.39, 0.29) is 12.5 Å². The van der Waals surface area contributed by atoms with Crippen molar-refractivity contribution in [1.29, 1.82) is 0 Å². The Kier molecular flexibility index (Phi) is 4.84. The first kappa shape index (κ1) is 16.1. The van der Waals surface area contributed by atoms with Gasteiger partial charge in [-0.1, -0.05) is 12.0 Å². The van der Waals surface area contributed by atoms with Gasteiger partial charge in [0, 0.05) is 18.3 Å². The number of likely N-dealkylation sites (N-methyl/N-ethyl adjacent to an activating group) is 1. The third kappa shape index (κ3) is 3.66. The summed E-state index contributed by atoms with van der Waals surface area (Å²) in [5.41, 5.74) is -0.0540. The summed E-state index contributed by atoms with van der Waals surface area (Å²) in [6, 6.07) is 6.93. The Balaban J connectivity index is 1.93. The number of amides is 2. The Morgan fingerprint density at radius 3 is 2.73 bits per heavy atom. The fraction of sp³-hybridized carbons (Fsp3) is 0.412. The van der Waals surface area contributed by atoms with E-state index in [4.69, 9.17) is 6.42 Å². The van der Waals surface area contributed by atoms with Gasteiger partial charge in [-0.15, -0.1) is 6.42 Å². The number of carbonyl (C=O) groups is 2. The minimum absolute atomic E-state index is 0.110. The van der Waals surface area contributed by atoms with Crippen molar-refractivity contribution in [3.63, 3.8) is 0 Å². The molecular formula is C17H20N2O3. The van der Waals surface area contributed by atoms with Crippen molar-refractivity contribution in [2.45, 2.75) is 31.3 Å². The zero-order chi connectivity index (χ0) is 16.2. The normalized spacial score (nSPS) is 15.9. The van der Waals surface area contributed by atoms with Gasteiger partial charge < -0.3 is 15.3 Å². The van der Waals surface area contributed by atoms with Crippen molar-refractivity contribution in [2.75, 3.05) is 18.9 Å². The van der Waals surface area contributed by atoms with Gasteiger partial charge in [0.15, 0.2) is 0 Å². The maximum Gasteiger partial charge on any atom is 0.254 e. The van der Waals surface area contributed by atoms with E-state index in [1.54, 1.807) is 24.3 Å². The second-order valence-electron chi connectivity index (χ2n) is 5.67. The predicted octanol–water partition coefficient (Wildman–Crippen LogP) is 1.37. The second kappa shape index (κ2) is 6.63. The number of nitrogens with zero attached hydrogens (tertiary/aromatic N) is 1. The maximum absolute atomic E-state index is 12.2. The summed E-state index contributed by atoms with van der Waals surface area (Å²) in [4.78, 5) is 25.5. The van der Waals surface area contributed by atoms with Crippen molar-refractivity contribution in [3.05, 3.63) is 29.8 Å². The zero-order valence-electron chi connectivity index (χ0n) is 12.6. The highest BCUT2D eigenvalue weighted by Gasteiger charge is 2.40. The lowest BCUT2D eigenvalue weighted by atomic mass is 10.0. The van der Waals surface area contributed by atoms with Crippen molar-refractivity contribution in [3.8, 4) is 12.3 Å². The number of rotatable bonds is 4. The van der Waals surface area contributed by atoms with Crippen molar-refractivity contribution in [1.82, 2.24) is 4.90 Å². The lowest BCUT2D eigenvalue weighted by Crippen LogP contribution is -2.48. The molecule has 0 bridgehead atoms. The van der Waals surface area contributed by atoms with Gasteiger partial charge in [-0.25, -0.2) is 0 Å². The molecule has 1 aromatic carbocycles.